The van der Waals surface area contributed by atoms with Gasteiger partial charge in [-0.2, -0.15) is 26.3 Å². The standard InChI is InChI=1S/C23H20F6O/c24-22(25,26)15-7-9-17(19(11-15)13-3-1-4-13)21(30)18-10-8-16(23(27,28)29)12-20(18)14-5-2-6-14/h7-14H,1-6H2. The van der Waals surface area contributed by atoms with Crippen molar-refractivity contribution in [1.82, 2.24) is 0 Å². The molecule has 30 heavy (non-hydrogen) atoms. The molecule has 0 saturated heterocycles. The Morgan fingerprint density at radius 1 is 0.667 bits per heavy atom. The van der Waals surface area contributed by atoms with Crippen LogP contribution in [0.25, 0.3) is 0 Å². The van der Waals surface area contributed by atoms with Gasteiger partial charge in [-0.15, -0.1) is 0 Å². The number of halogens is 6. The van der Waals surface area contributed by atoms with Gasteiger partial charge in [0.1, 0.15) is 0 Å². The largest absolute Gasteiger partial charge is 0.416 e. The summed E-state index contributed by atoms with van der Waals surface area (Å²) in [5.41, 5.74) is -0.609. The van der Waals surface area contributed by atoms with Crippen molar-refractivity contribution in [3.63, 3.8) is 0 Å². The average Bonchev–Trinajstić information content (AvgIpc) is 2.56. The predicted molar refractivity (Wildman–Crippen MR) is 99.5 cm³/mol. The first kappa shape index (κ1) is 20.9. The molecular formula is C23H20F6O. The van der Waals surface area contributed by atoms with Crippen molar-refractivity contribution in [2.24, 2.45) is 0 Å². The molecule has 0 aromatic heterocycles. The van der Waals surface area contributed by atoms with Crippen molar-refractivity contribution in [3.8, 4) is 0 Å². The Bertz CT molecular complexity index is 887. The number of hydrogen-bond acceptors (Lipinski definition) is 1. The molecule has 2 aliphatic rings. The van der Waals surface area contributed by atoms with Gasteiger partial charge in [-0.05, 0) is 72.9 Å². The molecule has 0 atom stereocenters. The molecule has 2 aliphatic carbocycles. The van der Waals surface area contributed by atoms with E-state index < -0.39 is 29.3 Å². The number of ketones is 1. The van der Waals surface area contributed by atoms with Crippen LogP contribution in [0.4, 0.5) is 26.3 Å². The van der Waals surface area contributed by atoms with Crippen molar-refractivity contribution in [1.29, 1.82) is 0 Å². The van der Waals surface area contributed by atoms with Crippen molar-refractivity contribution in [2.75, 3.05) is 0 Å². The Kier molecular flexibility index (Phi) is 5.19. The van der Waals surface area contributed by atoms with E-state index in [-0.39, 0.29) is 23.0 Å². The lowest BCUT2D eigenvalue weighted by atomic mass is 9.74. The maximum atomic E-state index is 13.3. The van der Waals surface area contributed by atoms with Crippen molar-refractivity contribution in [3.05, 3.63) is 69.8 Å². The van der Waals surface area contributed by atoms with Gasteiger partial charge < -0.3 is 0 Å². The average molecular weight is 426 g/mol. The van der Waals surface area contributed by atoms with Gasteiger partial charge in [0.2, 0.25) is 0 Å². The minimum atomic E-state index is -4.52. The lowest BCUT2D eigenvalue weighted by molar-refractivity contribution is -0.138. The molecule has 0 radical (unpaired) electrons. The van der Waals surface area contributed by atoms with E-state index in [1.54, 1.807) is 0 Å². The molecule has 2 aromatic rings. The molecule has 0 spiro atoms. The highest BCUT2D eigenvalue weighted by atomic mass is 19.4. The van der Waals surface area contributed by atoms with Crippen LogP contribution in [0, 0.1) is 0 Å². The molecule has 2 fully saturated rings. The van der Waals surface area contributed by atoms with Gasteiger partial charge in [-0.3, -0.25) is 4.79 Å². The number of carbonyl (C=O) groups excluding carboxylic acids is 1. The van der Waals surface area contributed by atoms with Crippen molar-refractivity contribution < 1.29 is 31.1 Å². The third-order valence-electron chi connectivity index (χ3n) is 6.34. The zero-order valence-corrected chi connectivity index (χ0v) is 16.0. The SMILES string of the molecule is O=C(c1ccc(C(F)(F)F)cc1C1CCC1)c1ccc(C(F)(F)F)cc1C1CCC1. The van der Waals surface area contributed by atoms with Crippen LogP contribution >= 0.6 is 0 Å². The molecule has 7 heteroatoms. The minimum Gasteiger partial charge on any atom is -0.289 e. The molecule has 0 bridgehead atoms. The summed E-state index contributed by atoms with van der Waals surface area (Å²) in [5, 5.41) is 0. The zero-order chi connectivity index (χ0) is 21.7. The minimum absolute atomic E-state index is 0.132. The van der Waals surface area contributed by atoms with Gasteiger partial charge in [0.25, 0.3) is 0 Å². The summed E-state index contributed by atoms with van der Waals surface area (Å²) in [6, 6.07) is 6.18. The second-order valence-electron chi connectivity index (χ2n) is 8.18. The quantitative estimate of drug-likeness (QED) is 0.366. The van der Waals surface area contributed by atoms with Gasteiger partial charge in [0.15, 0.2) is 5.78 Å². The predicted octanol–water partition coefficient (Wildman–Crippen LogP) is 7.49. The van der Waals surface area contributed by atoms with E-state index in [9.17, 15) is 31.1 Å². The highest BCUT2D eigenvalue weighted by molar-refractivity contribution is 6.11. The van der Waals surface area contributed by atoms with Gasteiger partial charge >= 0.3 is 12.4 Å². The van der Waals surface area contributed by atoms with E-state index in [0.29, 0.717) is 36.8 Å². The van der Waals surface area contributed by atoms with Crippen LogP contribution in [0.1, 0.15) is 88.5 Å². The summed E-state index contributed by atoms with van der Waals surface area (Å²) in [5.74, 6) is -0.762. The third-order valence-corrected chi connectivity index (χ3v) is 6.34. The van der Waals surface area contributed by atoms with Crippen LogP contribution in [0.2, 0.25) is 0 Å². The molecule has 160 valence electrons. The Balaban J connectivity index is 1.79. The summed E-state index contributed by atoms with van der Waals surface area (Å²) in [4.78, 5) is 13.3. The van der Waals surface area contributed by atoms with Crippen molar-refractivity contribution >= 4 is 5.78 Å². The van der Waals surface area contributed by atoms with Crippen LogP contribution in [0.3, 0.4) is 0 Å². The summed E-state index contributed by atoms with van der Waals surface area (Å²) in [6.45, 7) is 0. The number of carbonyl (C=O) groups is 1. The van der Waals surface area contributed by atoms with Crippen molar-refractivity contribution in [2.45, 2.75) is 62.7 Å². The van der Waals surface area contributed by atoms with E-state index >= 15 is 0 Å². The lowest BCUT2D eigenvalue weighted by Gasteiger charge is -2.30. The van der Waals surface area contributed by atoms with E-state index in [0.717, 1.165) is 37.1 Å². The number of rotatable bonds is 4. The fraction of sp³-hybridized carbons (Fsp3) is 0.435. The second kappa shape index (κ2) is 7.43. The van der Waals surface area contributed by atoms with Crippen LogP contribution in [0.5, 0.6) is 0 Å². The maximum absolute atomic E-state index is 13.3. The normalized spacial score (nSPS) is 18.1. The van der Waals surface area contributed by atoms with E-state index in [4.69, 9.17) is 0 Å². The number of benzene rings is 2. The molecule has 0 N–H and O–H groups in total. The zero-order valence-electron chi connectivity index (χ0n) is 16.0. The molecule has 1 nitrogen and oxygen atoms in total. The van der Waals surface area contributed by atoms with Crippen LogP contribution in [0.15, 0.2) is 36.4 Å². The molecular weight excluding hydrogens is 406 g/mol. The molecule has 0 unspecified atom stereocenters. The maximum Gasteiger partial charge on any atom is 0.416 e. The smallest absolute Gasteiger partial charge is 0.289 e. The number of alkyl halides is 6. The fourth-order valence-electron chi connectivity index (χ4n) is 4.15. The fourth-order valence-corrected chi connectivity index (χ4v) is 4.15. The van der Waals surface area contributed by atoms with Crippen LogP contribution < -0.4 is 0 Å². The first-order chi connectivity index (χ1) is 14.1. The first-order valence-electron chi connectivity index (χ1n) is 10.0. The second-order valence-corrected chi connectivity index (χ2v) is 8.18. The third kappa shape index (κ3) is 3.86. The van der Waals surface area contributed by atoms with Gasteiger partial charge in [-0.1, -0.05) is 25.0 Å². The highest BCUT2D eigenvalue weighted by Crippen LogP contribution is 2.44. The summed E-state index contributed by atoms with van der Waals surface area (Å²) >= 11 is 0. The monoisotopic (exact) mass is 426 g/mol. The van der Waals surface area contributed by atoms with Gasteiger partial charge in [0.05, 0.1) is 11.1 Å². The van der Waals surface area contributed by atoms with Gasteiger partial charge in [0, 0.05) is 11.1 Å². The van der Waals surface area contributed by atoms with Gasteiger partial charge in [-0.25, -0.2) is 0 Å². The summed E-state index contributed by atoms with van der Waals surface area (Å²) in [7, 11) is 0. The topological polar surface area (TPSA) is 17.1 Å². The number of hydrogen-bond donors (Lipinski definition) is 0. The molecule has 2 saturated carbocycles. The van der Waals surface area contributed by atoms with E-state index in [1.165, 1.54) is 12.1 Å². The molecule has 2 aromatic carbocycles. The van der Waals surface area contributed by atoms with Crippen LogP contribution in [-0.4, -0.2) is 5.78 Å². The molecule has 4 rings (SSSR count). The Morgan fingerprint density at radius 2 is 1.03 bits per heavy atom. The van der Waals surface area contributed by atoms with E-state index in [2.05, 4.69) is 0 Å². The Hall–Kier alpha value is -2.31. The Labute approximate surface area is 170 Å². The summed E-state index contributed by atoms with van der Waals surface area (Å²) < 4.78 is 79.2. The molecule has 0 amide bonds. The van der Waals surface area contributed by atoms with E-state index in [1.807, 2.05) is 0 Å². The Morgan fingerprint density at radius 3 is 1.30 bits per heavy atom. The molecule has 0 heterocycles. The van der Waals surface area contributed by atoms with Crippen LogP contribution in [-0.2, 0) is 12.4 Å². The highest BCUT2D eigenvalue weighted by Gasteiger charge is 2.36. The molecule has 0 aliphatic heterocycles. The summed E-state index contributed by atoms with van der Waals surface area (Å²) in [6.07, 6.45) is -4.50. The first-order valence-corrected chi connectivity index (χ1v) is 10.0. The lowest BCUT2D eigenvalue weighted by Crippen LogP contribution is -2.20.